The van der Waals surface area contributed by atoms with Gasteiger partial charge in [0, 0.05) is 41.6 Å². The molecule has 0 aliphatic carbocycles. The minimum Gasteiger partial charge on any atom is -0.334 e. The number of hydrogen-bond donors (Lipinski definition) is 2. The van der Waals surface area contributed by atoms with Crippen LogP contribution >= 0.6 is 12.4 Å². The van der Waals surface area contributed by atoms with Gasteiger partial charge in [-0.05, 0) is 20.0 Å². The van der Waals surface area contributed by atoms with Crippen molar-refractivity contribution in [2.75, 3.05) is 7.05 Å². The number of nitro groups is 1. The smallest absolute Gasteiger partial charge is 0.270 e. The maximum atomic E-state index is 11.8. The molecule has 9 nitrogen and oxygen atoms in total. The lowest BCUT2D eigenvalue weighted by Gasteiger charge is -2.05. The predicted octanol–water partition coefficient (Wildman–Crippen LogP) is 2.06. The number of non-ortho nitro benzene ring substituents is 1. The Morgan fingerprint density at radius 3 is 2.84 bits per heavy atom. The Hall–Kier alpha value is -2.78. The van der Waals surface area contributed by atoms with Crippen LogP contribution in [0.4, 0.5) is 5.69 Å². The lowest BCUT2D eigenvalue weighted by Crippen LogP contribution is -2.24. The molecule has 3 aromatic rings. The number of pyridine rings is 1. The number of aromatic amines is 1. The third-order valence-corrected chi connectivity index (χ3v) is 3.72. The largest absolute Gasteiger partial charge is 0.334 e. The summed E-state index contributed by atoms with van der Waals surface area (Å²) in [6.07, 6.45) is 0.557. The number of nitrogens with zero attached hydrogens (tertiary/aromatic N) is 3. The molecule has 2 aromatic heterocycles. The fourth-order valence-electron chi connectivity index (χ4n) is 2.35. The van der Waals surface area contributed by atoms with Crippen LogP contribution in [0.5, 0.6) is 0 Å². The third kappa shape index (κ3) is 3.83. The number of aromatic nitrogens is 3. The second kappa shape index (κ2) is 7.41. The number of halogens is 1. The van der Waals surface area contributed by atoms with E-state index in [1.54, 1.807) is 0 Å². The molecule has 10 heteroatoms. The van der Waals surface area contributed by atoms with Crippen LogP contribution in [-0.4, -0.2) is 33.1 Å². The van der Waals surface area contributed by atoms with Crippen molar-refractivity contribution in [3.63, 3.8) is 0 Å². The van der Waals surface area contributed by atoms with Gasteiger partial charge in [-0.25, -0.2) is 0 Å². The van der Waals surface area contributed by atoms with E-state index in [2.05, 4.69) is 20.4 Å². The summed E-state index contributed by atoms with van der Waals surface area (Å²) in [5.41, 5.74) is 0.397. The highest BCUT2D eigenvalue weighted by atomic mass is 35.5. The number of likely N-dealkylation sites (N-methyl/N-ethyl adjacent to an activating group) is 1. The molecule has 0 bridgehead atoms. The third-order valence-electron chi connectivity index (χ3n) is 3.72. The zero-order valence-corrected chi connectivity index (χ0v) is 14.3. The van der Waals surface area contributed by atoms with Gasteiger partial charge in [0.1, 0.15) is 0 Å². The molecule has 1 aromatic carbocycles. The number of H-pyrrole nitrogens is 1. The average molecular weight is 366 g/mol. The Labute approximate surface area is 148 Å². The first-order chi connectivity index (χ1) is 11.5. The van der Waals surface area contributed by atoms with Crippen molar-refractivity contribution in [2.45, 2.75) is 19.4 Å². The highest BCUT2D eigenvalue weighted by Gasteiger charge is 2.17. The lowest BCUT2D eigenvalue weighted by molar-refractivity contribution is -0.384. The van der Waals surface area contributed by atoms with Gasteiger partial charge in [0.15, 0.2) is 5.82 Å². The molecule has 0 radical (unpaired) electrons. The Morgan fingerprint density at radius 1 is 1.40 bits per heavy atom. The number of nitrogens with one attached hydrogen (secondary N) is 2. The van der Waals surface area contributed by atoms with E-state index in [1.807, 2.05) is 14.0 Å². The molecular formula is C15H16ClN5O4. The molecule has 0 aliphatic heterocycles. The number of fused-ring (bicyclic) bond motifs is 1. The zero-order chi connectivity index (χ0) is 17.3. The summed E-state index contributed by atoms with van der Waals surface area (Å²) >= 11 is 0. The van der Waals surface area contributed by atoms with Crippen molar-refractivity contribution in [1.29, 1.82) is 0 Å². The van der Waals surface area contributed by atoms with Crippen LogP contribution in [0, 0.1) is 10.1 Å². The fourth-order valence-corrected chi connectivity index (χ4v) is 2.35. The monoisotopic (exact) mass is 365 g/mol. The molecule has 0 amide bonds. The van der Waals surface area contributed by atoms with Crippen LogP contribution in [0.15, 0.2) is 33.6 Å². The van der Waals surface area contributed by atoms with E-state index in [0.717, 1.165) is 0 Å². The Morgan fingerprint density at radius 2 is 2.16 bits per heavy atom. The standard InChI is InChI=1S/C15H15N5O4.ClH/c1-8(16-2)5-13-18-15(24-19-13)11-7-14(21)17-12-4-3-9(20(22)23)6-10(11)12;/h3-4,6-8,16H,5H2,1-2H3,(H,17,21);1H. The first-order valence-corrected chi connectivity index (χ1v) is 7.29. The molecule has 1 atom stereocenters. The summed E-state index contributed by atoms with van der Waals surface area (Å²) < 4.78 is 5.25. The van der Waals surface area contributed by atoms with Gasteiger partial charge in [-0.2, -0.15) is 4.98 Å². The van der Waals surface area contributed by atoms with Gasteiger partial charge in [0.25, 0.3) is 11.6 Å². The van der Waals surface area contributed by atoms with Crippen LogP contribution in [-0.2, 0) is 6.42 Å². The SMILES string of the molecule is CNC(C)Cc1noc(-c2cc(=O)[nH]c3ccc([N+](=O)[O-])cc23)n1.Cl. The summed E-state index contributed by atoms with van der Waals surface area (Å²) in [5, 5.41) is 18.4. The van der Waals surface area contributed by atoms with Crippen LogP contribution in [0.2, 0.25) is 0 Å². The minimum absolute atomic E-state index is 0. The molecule has 0 fully saturated rings. The van der Waals surface area contributed by atoms with Gasteiger partial charge in [-0.1, -0.05) is 5.16 Å². The van der Waals surface area contributed by atoms with Gasteiger partial charge in [-0.3, -0.25) is 14.9 Å². The molecule has 2 N–H and O–H groups in total. The van der Waals surface area contributed by atoms with Crippen molar-refractivity contribution in [3.8, 4) is 11.5 Å². The first kappa shape index (κ1) is 18.6. The van der Waals surface area contributed by atoms with Gasteiger partial charge in [0.2, 0.25) is 5.56 Å². The molecule has 0 spiro atoms. The Kier molecular flexibility index (Phi) is 5.50. The second-order valence-electron chi connectivity index (χ2n) is 5.44. The fraction of sp³-hybridized carbons (Fsp3) is 0.267. The summed E-state index contributed by atoms with van der Waals surface area (Å²) in [6, 6.07) is 5.65. The normalized spacial score (nSPS) is 11.9. The summed E-state index contributed by atoms with van der Waals surface area (Å²) in [4.78, 5) is 29.3. The number of nitro benzene ring substituents is 1. The highest BCUT2D eigenvalue weighted by molar-refractivity contribution is 5.93. The van der Waals surface area contributed by atoms with Gasteiger partial charge in [-0.15, -0.1) is 12.4 Å². The Balaban J connectivity index is 0.00000225. The van der Waals surface area contributed by atoms with Crippen molar-refractivity contribution < 1.29 is 9.45 Å². The molecule has 3 rings (SSSR count). The number of hydrogen-bond acceptors (Lipinski definition) is 7. The van der Waals surface area contributed by atoms with Crippen molar-refractivity contribution >= 4 is 29.0 Å². The van der Waals surface area contributed by atoms with Gasteiger partial charge in [0.05, 0.1) is 10.5 Å². The van der Waals surface area contributed by atoms with E-state index in [4.69, 9.17) is 4.52 Å². The molecule has 0 saturated carbocycles. The zero-order valence-electron chi connectivity index (χ0n) is 13.5. The molecular weight excluding hydrogens is 350 g/mol. The predicted molar refractivity (Wildman–Crippen MR) is 94.0 cm³/mol. The van der Waals surface area contributed by atoms with Crippen molar-refractivity contribution in [2.24, 2.45) is 0 Å². The van der Waals surface area contributed by atoms with Crippen LogP contribution in [0.1, 0.15) is 12.7 Å². The highest BCUT2D eigenvalue weighted by Crippen LogP contribution is 2.28. The molecule has 2 heterocycles. The molecule has 25 heavy (non-hydrogen) atoms. The van der Waals surface area contributed by atoms with Crippen LogP contribution in [0.3, 0.4) is 0 Å². The summed E-state index contributed by atoms with van der Waals surface area (Å²) in [5.74, 6) is 0.649. The molecule has 0 saturated heterocycles. The van der Waals surface area contributed by atoms with E-state index < -0.39 is 4.92 Å². The summed E-state index contributed by atoms with van der Waals surface area (Å²) in [6.45, 7) is 1.97. The lowest BCUT2D eigenvalue weighted by atomic mass is 10.1. The molecule has 0 aliphatic rings. The average Bonchev–Trinajstić information content (AvgIpc) is 3.01. The first-order valence-electron chi connectivity index (χ1n) is 7.29. The van der Waals surface area contributed by atoms with E-state index >= 15 is 0 Å². The summed E-state index contributed by atoms with van der Waals surface area (Å²) in [7, 11) is 1.83. The molecule has 1 unspecified atom stereocenters. The van der Waals surface area contributed by atoms with E-state index in [0.29, 0.717) is 28.7 Å². The van der Waals surface area contributed by atoms with Gasteiger partial charge >= 0.3 is 0 Å². The second-order valence-corrected chi connectivity index (χ2v) is 5.44. The van der Waals surface area contributed by atoms with Crippen LogP contribution in [0.25, 0.3) is 22.4 Å². The van der Waals surface area contributed by atoms with Crippen molar-refractivity contribution in [1.82, 2.24) is 20.4 Å². The van der Waals surface area contributed by atoms with Crippen LogP contribution < -0.4 is 10.9 Å². The maximum Gasteiger partial charge on any atom is 0.270 e. The molecule has 132 valence electrons. The minimum atomic E-state index is -0.498. The van der Waals surface area contributed by atoms with Crippen molar-refractivity contribution in [3.05, 3.63) is 50.6 Å². The van der Waals surface area contributed by atoms with E-state index in [-0.39, 0.29) is 35.6 Å². The number of rotatable bonds is 5. The quantitative estimate of drug-likeness (QED) is 0.523. The van der Waals surface area contributed by atoms with E-state index in [9.17, 15) is 14.9 Å². The van der Waals surface area contributed by atoms with E-state index in [1.165, 1.54) is 24.3 Å². The maximum absolute atomic E-state index is 11.8. The Bertz CT molecular complexity index is 968. The number of benzene rings is 1. The topological polar surface area (TPSA) is 127 Å². The van der Waals surface area contributed by atoms with Gasteiger partial charge < -0.3 is 14.8 Å².